The molecule has 0 atom stereocenters. The quantitative estimate of drug-likeness (QED) is 0.915. The summed E-state index contributed by atoms with van der Waals surface area (Å²) in [5.74, 6) is 0.964. The fourth-order valence-electron chi connectivity index (χ4n) is 2.53. The minimum absolute atomic E-state index is 0.193. The van der Waals surface area contributed by atoms with Crippen LogP contribution in [0.25, 0.3) is 11.1 Å². The first-order chi connectivity index (χ1) is 10.1. The van der Waals surface area contributed by atoms with Crippen LogP contribution in [0.5, 0.6) is 0 Å². The van der Waals surface area contributed by atoms with Gasteiger partial charge in [0.15, 0.2) is 9.84 Å². The second-order valence-electron chi connectivity index (χ2n) is 5.11. The Kier molecular flexibility index (Phi) is 3.86. The highest BCUT2D eigenvalue weighted by Gasteiger charge is 2.24. The van der Waals surface area contributed by atoms with E-state index >= 15 is 0 Å². The summed E-state index contributed by atoms with van der Waals surface area (Å²) < 4.78 is 27.8. The first-order valence-electron chi connectivity index (χ1n) is 6.83. The fraction of sp³-hybridized carbons (Fsp3) is 0.357. The highest BCUT2D eigenvalue weighted by molar-refractivity contribution is 7.91. The van der Waals surface area contributed by atoms with E-state index in [9.17, 15) is 8.42 Å². The molecule has 21 heavy (non-hydrogen) atoms. The van der Waals surface area contributed by atoms with E-state index in [1.807, 2.05) is 30.3 Å². The molecule has 0 amide bonds. The zero-order chi connectivity index (χ0) is 14.9. The largest absolute Gasteiger partial charge is 0.382 e. The Bertz CT molecular complexity index is 726. The molecule has 5 nitrogen and oxygen atoms in total. The molecule has 0 spiro atoms. The number of anilines is 2. The average molecular weight is 323 g/mol. The molecule has 0 bridgehead atoms. The SMILES string of the molecule is Nc1nsc(N2CCCS(=O)(=O)CC2)c1-c1ccccc1. The van der Waals surface area contributed by atoms with Gasteiger partial charge in [-0.25, -0.2) is 8.42 Å². The summed E-state index contributed by atoms with van der Waals surface area (Å²) in [6, 6.07) is 9.88. The van der Waals surface area contributed by atoms with Gasteiger partial charge in [-0.3, -0.25) is 0 Å². The number of hydrogen-bond donors (Lipinski definition) is 1. The third kappa shape index (κ3) is 3.03. The lowest BCUT2D eigenvalue weighted by Crippen LogP contribution is -2.26. The Balaban J connectivity index is 1.97. The lowest BCUT2D eigenvalue weighted by Gasteiger charge is -2.21. The molecule has 1 aromatic heterocycles. The average Bonchev–Trinajstić information content (AvgIpc) is 2.75. The van der Waals surface area contributed by atoms with Crippen LogP contribution in [0.4, 0.5) is 10.8 Å². The van der Waals surface area contributed by atoms with E-state index in [1.54, 1.807) is 0 Å². The Morgan fingerprint density at radius 2 is 1.90 bits per heavy atom. The smallest absolute Gasteiger partial charge is 0.152 e. The van der Waals surface area contributed by atoms with E-state index < -0.39 is 9.84 Å². The van der Waals surface area contributed by atoms with Crippen molar-refractivity contribution < 1.29 is 8.42 Å². The normalized spacial score (nSPS) is 18.4. The number of nitrogens with two attached hydrogens (primary N) is 1. The van der Waals surface area contributed by atoms with Gasteiger partial charge >= 0.3 is 0 Å². The van der Waals surface area contributed by atoms with Crippen molar-refractivity contribution >= 4 is 32.2 Å². The van der Waals surface area contributed by atoms with Gasteiger partial charge in [-0.05, 0) is 23.5 Å². The van der Waals surface area contributed by atoms with Crippen LogP contribution in [0.1, 0.15) is 6.42 Å². The molecule has 112 valence electrons. The summed E-state index contributed by atoms with van der Waals surface area (Å²) in [6.07, 6.45) is 0.647. The van der Waals surface area contributed by atoms with Crippen LogP contribution in [0.3, 0.4) is 0 Å². The lowest BCUT2D eigenvalue weighted by atomic mass is 10.1. The minimum Gasteiger partial charge on any atom is -0.382 e. The molecule has 0 aliphatic carbocycles. The molecule has 7 heteroatoms. The van der Waals surface area contributed by atoms with Gasteiger partial charge in [-0.1, -0.05) is 30.3 Å². The maximum atomic E-state index is 11.7. The van der Waals surface area contributed by atoms with Crippen molar-refractivity contribution in [2.75, 3.05) is 35.2 Å². The molecule has 3 rings (SSSR count). The topological polar surface area (TPSA) is 76.3 Å². The van der Waals surface area contributed by atoms with Crippen LogP contribution >= 0.6 is 11.5 Å². The Morgan fingerprint density at radius 1 is 1.14 bits per heavy atom. The van der Waals surface area contributed by atoms with Crippen molar-refractivity contribution in [1.29, 1.82) is 0 Å². The van der Waals surface area contributed by atoms with Crippen LogP contribution < -0.4 is 10.6 Å². The van der Waals surface area contributed by atoms with Gasteiger partial charge in [0.2, 0.25) is 0 Å². The third-order valence-electron chi connectivity index (χ3n) is 3.61. The highest BCUT2D eigenvalue weighted by Crippen LogP contribution is 2.39. The van der Waals surface area contributed by atoms with E-state index in [2.05, 4.69) is 9.27 Å². The summed E-state index contributed by atoms with van der Waals surface area (Å²) in [6.45, 7) is 1.23. The van der Waals surface area contributed by atoms with Crippen LogP contribution in [0.15, 0.2) is 30.3 Å². The Labute approximate surface area is 128 Å². The number of aromatic nitrogens is 1. The molecular formula is C14H17N3O2S2. The van der Waals surface area contributed by atoms with Crippen molar-refractivity contribution in [3.05, 3.63) is 30.3 Å². The fourth-order valence-corrected chi connectivity index (χ4v) is 4.69. The monoisotopic (exact) mass is 323 g/mol. The molecule has 2 N–H and O–H groups in total. The zero-order valence-corrected chi connectivity index (χ0v) is 13.2. The molecule has 0 unspecified atom stereocenters. The number of sulfone groups is 1. The molecule has 1 aromatic carbocycles. The van der Waals surface area contributed by atoms with Crippen molar-refractivity contribution in [3.8, 4) is 11.1 Å². The summed E-state index contributed by atoms with van der Waals surface area (Å²) in [5.41, 5.74) is 7.96. The number of hydrogen-bond acceptors (Lipinski definition) is 6. The van der Waals surface area contributed by atoms with E-state index in [0.717, 1.165) is 22.7 Å². The Hall–Kier alpha value is -1.60. The third-order valence-corrected chi connectivity index (χ3v) is 6.24. The van der Waals surface area contributed by atoms with Gasteiger partial charge in [-0.15, -0.1) is 0 Å². The van der Waals surface area contributed by atoms with E-state index in [4.69, 9.17) is 5.73 Å². The van der Waals surface area contributed by atoms with Crippen molar-refractivity contribution in [2.45, 2.75) is 6.42 Å². The predicted octanol–water partition coefficient (Wildman–Crippen LogP) is 2.02. The maximum Gasteiger partial charge on any atom is 0.152 e. The van der Waals surface area contributed by atoms with Gasteiger partial charge in [0.25, 0.3) is 0 Å². The molecular weight excluding hydrogens is 306 g/mol. The standard InChI is InChI=1S/C14H17N3O2S2/c15-13-12(11-5-2-1-3-6-11)14(20-16-13)17-7-4-9-21(18,19)10-8-17/h1-3,5-6H,4,7-10H2,(H2,15,16). The number of nitrogen functional groups attached to an aromatic ring is 1. The molecule has 2 heterocycles. The van der Waals surface area contributed by atoms with E-state index in [1.165, 1.54) is 11.5 Å². The predicted molar refractivity (Wildman–Crippen MR) is 87.4 cm³/mol. The first kappa shape index (κ1) is 14.3. The second-order valence-corrected chi connectivity index (χ2v) is 8.16. The second kappa shape index (κ2) is 5.65. The van der Waals surface area contributed by atoms with Gasteiger partial charge in [0.1, 0.15) is 10.8 Å². The molecule has 0 saturated carbocycles. The van der Waals surface area contributed by atoms with Gasteiger partial charge in [0, 0.05) is 13.1 Å². The van der Waals surface area contributed by atoms with E-state index in [-0.39, 0.29) is 11.5 Å². The molecule has 1 saturated heterocycles. The van der Waals surface area contributed by atoms with Gasteiger partial charge in [-0.2, -0.15) is 4.37 Å². The zero-order valence-electron chi connectivity index (χ0n) is 11.5. The molecule has 1 fully saturated rings. The number of nitrogens with zero attached hydrogens (tertiary/aromatic N) is 2. The van der Waals surface area contributed by atoms with Crippen LogP contribution in [-0.2, 0) is 9.84 Å². The Morgan fingerprint density at radius 3 is 2.67 bits per heavy atom. The van der Waals surface area contributed by atoms with Crippen molar-refractivity contribution in [2.24, 2.45) is 0 Å². The molecule has 1 aliphatic rings. The summed E-state index contributed by atoms with van der Waals surface area (Å²) in [4.78, 5) is 2.10. The molecule has 2 aromatic rings. The van der Waals surface area contributed by atoms with Gasteiger partial charge in [0.05, 0.1) is 17.1 Å². The lowest BCUT2D eigenvalue weighted by molar-refractivity contribution is 0.597. The molecule has 0 radical (unpaired) electrons. The van der Waals surface area contributed by atoms with Crippen molar-refractivity contribution in [1.82, 2.24) is 4.37 Å². The number of benzene rings is 1. The summed E-state index contributed by atoms with van der Waals surface area (Å²) in [5, 5.41) is 0.968. The van der Waals surface area contributed by atoms with Crippen LogP contribution in [-0.4, -0.2) is 37.4 Å². The minimum atomic E-state index is -2.92. The van der Waals surface area contributed by atoms with Crippen LogP contribution in [0, 0.1) is 0 Å². The van der Waals surface area contributed by atoms with Crippen LogP contribution in [0.2, 0.25) is 0 Å². The molecule has 1 aliphatic heterocycles. The first-order valence-corrected chi connectivity index (χ1v) is 9.42. The van der Waals surface area contributed by atoms with Crippen molar-refractivity contribution in [3.63, 3.8) is 0 Å². The van der Waals surface area contributed by atoms with E-state index in [0.29, 0.717) is 18.8 Å². The number of rotatable bonds is 2. The summed E-state index contributed by atoms with van der Waals surface area (Å²) in [7, 11) is -2.92. The van der Waals surface area contributed by atoms with Gasteiger partial charge < -0.3 is 10.6 Å². The maximum absolute atomic E-state index is 11.7. The highest BCUT2D eigenvalue weighted by atomic mass is 32.2. The summed E-state index contributed by atoms with van der Waals surface area (Å²) >= 11 is 1.34.